The van der Waals surface area contributed by atoms with Gasteiger partial charge in [-0.15, -0.1) is 0 Å². The average molecular weight is 284 g/mol. The summed E-state index contributed by atoms with van der Waals surface area (Å²) >= 11 is 0. The van der Waals surface area contributed by atoms with Crippen LogP contribution in [0.25, 0.3) is 12.2 Å². The molecule has 0 aliphatic carbocycles. The lowest BCUT2D eigenvalue weighted by Crippen LogP contribution is -2.07. The van der Waals surface area contributed by atoms with Gasteiger partial charge in [-0.25, -0.2) is 4.79 Å². The summed E-state index contributed by atoms with van der Waals surface area (Å²) in [4.78, 5) is 11.9. The van der Waals surface area contributed by atoms with Crippen LogP contribution in [0.5, 0.6) is 11.5 Å². The van der Waals surface area contributed by atoms with E-state index in [1.54, 1.807) is 19.1 Å². The Balaban J connectivity index is 2.42. The van der Waals surface area contributed by atoms with Crippen molar-refractivity contribution >= 4 is 18.1 Å². The number of hydrogen-bond acceptors (Lipinski definition) is 4. The predicted molar refractivity (Wildman–Crippen MR) is 81.1 cm³/mol. The minimum atomic E-state index is -0.622. The van der Waals surface area contributed by atoms with E-state index in [4.69, 9.17) is 4.74 Å². The summed E-state index contributed by atoms with van der Waals surface area (Å²) in [6.45, 7) is 1.90. The molecule has 0 saturated carbocycles. The fourth-order valence-corrected chi connectivity index (χ4v) is 1.94. The zero-order valence-electron chi connectivity index (χ0n) is 11.6. The second kappa shape index (κ2) is 6.61. The van der Waals surface area contributed by atoms with Crippen LogP contribution in [0.1, 0.15) is 28.4 Å². The molecular formula is C17H16O4. The van der Waals surface area contributed by atoms with E-state index in [9.17, 15) is 15.0 Å². The fraction of sp³-hybridized carbons (Fsp3) is 0.118. The van der Waals surface area contributed by atoms with E-state index in [-0.39, 0.29) is 23.7 Å². The summed E-state index contributed by atoms with van der Waals surface area (Å²) in [5.41, 5.74) is 1.38. The number of esters is 1. The van der Waals surface area contributed by atoms with Gasteiger partial charge in [0.25, 0.3) is 0 Å². The van der Waals surface area contributed by atoms with Crippen LogP contribution in [0.3, 0.4) is 0 Å². The molecule has 0 radical (unpaired) electrons. The molecule has 0 unspecified atom stereocenters. The number of carbonyl (C=O) groups excluding carboxylic acids is 1. The Labute approximate surface area is 122 Å². The van der Waals surface area contributed by atoms with Crippen molar-refractivity contribution in [2.45, 2.75) is 6.92 Å². The Bertz CT molecular complexity index is 660. The van der Waals surface area contributed by atoms with E-state index in [0.29, 0.717) is 5.56 Å². The van der Waals surface area contributed by atoms with E-state index < -0.39 is 5.97 Å². The molecule has 0 amide bonds. The molecule has 4 heteroatoms. The number of carbonyl (C=O) groups is 1. The molecule has 0 bridgehead atoms. The van der Waals surface area contributed by atoms with E-state index in [0.717, 1.165) is 11.6 Å². The lowest BCUT2D eigenvalue weighted by atomic mass is 10.0. The van der Waals surface area contributed by atoms with Crippen LogP contribution in [0.4, 0.5) is 0 Å². The maximum Gasteiger partial charge on any atom is 0.342 e. The van der Waals surface area contributed by atoms with Crippen molar-refractivity contribution in [3.05, 3.63) is 59.2 Å². The molecule has 0 fully saturated rings. The van der Waals surface area contributed by atoms with Gasteiger partial charge in [-0.2, -0.15) is 0 Å². The summed E-state index contributed by atoms with van der Waals surface area (Å²) in [5, 5.41) is 19.5. The van der Waals surface area contributed by atoms with Gasteiger partial charge in [0, 0.05) is 6.07 Å². The topological polar surface area (TPSA) is 66.8 Å². The second-order valence-electron chi connectivity index (χ2n) is 4.39. The lowest BCUT2D eigenvalue weighted by Gasteiger charge is -2.08. The zero-order chi connectivity index (χ0) is 15.2. The number of phenols is 2. The second-order valence-corrected chi connectivity index (χ2v) is 4.39. The molecular weight excluding hydrogens is 268 g/mol. The smallest absolute Gasteiger partial charge is 0.342 e. The van der Waals surface area contributed by atoms with Crippen molar-refractivity contribution in [3.8, 4) is 11.5 Å². The van der Waals surface area contributed by atoms with Gasteiger partial charge in [-0.05, 0) is 24.1 Å². The van der Waals surface area contributed by atoms with Gasteiger partial charge < -0.3 is 14.9 Å². The molecule has 2 N–H and O–H groups in total. The highest BCUT2D eigenvalue weighted by molar-refractivity contribution is 5.98. The highest BCUT2D eigenvalue weighted by atomic mass is 16.5. The molecule has 0 aromatic heterocycles. The Morgan fingerprint density at radius 1 is 1.14 bits per heavy atom. The Morgan fingerprint density at radius 3 is 2.52 bits per heavy atom. The predicted octanol–water partition coefficient (Wildman–Crippen LogP) is 3.44. The maximum absolute atomic E-state index is 11.9. The molecule has 2 aromatic carbocycles. The van der Waals surface area contributed by atoms with Crippen LogP contribution in [0.15, 0.2) is 42.5 Å². The quantitative estimate of drug-likeness (QED) is 0.666. The lowest BCUT2D eigenvalue weighted by molar-refractivity contribution is 0.0523. The van der Waals surface area contributed by atoms with Gasteiger partial charge in [-0.1, -0.05) is 42.5 Å². The Morgan fingerprint density at radius 2 is 1.86 bits per heavy atom. The molecule has 0 aliphatic rings. The zero-order valence-corrected chi connectivity index (χ0v) is 11.6. The van der Waals surface area contributed by atoms with Gasteiger partial charge in [-0.3, -0.25) is 0 Å². The van der Waals surface area contributed by atoms with Crippen molar-refractivity contribution < 1.29 is 19.7 Å². The van der Waals surface area contributed by atoms with Gasteiger partial charge >= 0.3 is 5.97 Å². The van der Waals surface area contributed by atoms with Crippen molar-refractivity contribution in [2.24, 2.45) is 0 Å². The number of aromatic hydroxyl groups is 2. The van der Waals surface area contributed by atoms with Crippen molar-refractivity contribution in [3.63, 3.8) is 0 Å². The number of hydrogen-bond donors (Lipinski definition) is 2. The highest BCUT2D eigenvalue weighted by Gasteiger charge is 2.17. The molecule has 21 heavy (non-hydrogen) atoms. The average Bonchev–Trinajstić information content (AvgIpc) is 2.45. The van der Waals surface area contributed by atoms with Gasteiger partial charge in [0.15, 0.2) is 0 Å². The largest absolute Gasteiger partial charge is 0.508 e. The third kappa shape index (κ3) is 3.63. The molecule has 4 nitrogen and oxygen atoms in total. The van der Waals surface area contributed by atoms with Gasteiger partial charge in [0.05, 0.1) is 6.61 Å². The molecule has 108 valence electrons. The molecule has 2 aromatic rings. The minimum absolute atomic E-state index is 0.0434. The number of phenolic OH excluding ortho intramolecular Hbond substituents is 2. The minimum Gasteiger partial charge on any atom is -0.508 e. The Kier molecular flexibility index (Phi) is 4.61. The van der Waals surface area contributed by atoms with Crippen LogP contribution in [0, 0.1) is 0 Å². The summed E-state index contributed by atoms with van der Waals surface area (Å²) in [5.74, 6) is -1.04. The van der Waals surface area contributed by atoms with Gasteiger partial charge in [0.2, 0.25) is 0 Å². The molecule has 0 spiro atoms. The molecule has 0 atom stereocenters. The first kappa shape index (κ1) is 14.7. The molecule has 0 aliphatic heterocycles. The summed E-state index contributed by atoms with van der Waals surface area (Å²) < 4.78 is 4.93. The fourth-order valence-electron chi connectivity index (χ4n) is 1.94. The summed E-state index contributed by atoms with van der Waals surface area (Å²) in [6.07, 6.45) is 3.44. The first-order valence-corrected chi connectivity index (χ1v) is 6.58. The van der Waals surface area contributed by atoms with E-state index >= 15 is 0 Å². The molecule has 0 saturated heterocycles. The monoisotopic (exact) mass is 284 g/mol. The first-order valence-electron chi connectivity index (χ1n) is 6.58. The standard InChI is InChI=1S/C17H16O4/c1-2-21-17(20)16-13(10-14(18)11-15(16)19)9-8-12-6-4-3-5-7-12/h3-11,18-19H,2H2,1H3. The van der Waals surface area contributed by atoms with Crippen LogP contribution >= 0.6 is 0 Å². The van der Waals surface area contributed by atoms with Crippen molar-refractivity contribution in [1.82, 2.24) is 0 Å². The van der Waals surface area contributed by atoms with E-state index in [2.05, 4.69) is 0 Å². The third-order valence-corrected chi connectivity index (χ3v) is 2.87. The first-order chi connectivity index (χ1) is 10.1. The normalized spacial score (nSPS) is 10.7. The van der Waals surface area contributed by atoms with Gasteiger partial charge in [0.1, 0.15) is 17.1 Å². The molecule has 0 heterocycles. The summed E-state index contributed by atoms with van der Waals surface area (Å²) in [7, 11) is 0. The molecule has 2 rings (SSSR count). The highest BCUT2D eigenvalue weighted by Crippen LogP contribution is 2.29. The third-order valence-electron chi connectivity index (χ3n) is 2.87. The SMILES string of the molecule is CCOC(=O)c1c(O)cc(O)cc1C=Cc1ccccc1. The van der Waals surface area contributed by atoms with Crippen LogP contribution in [0.2, 0.25) is 0 Å². The van der Waals surface area contributed by atoms with E-state index in [1.165, 1.54) is 6.07 Å². The van der Waals surface area contributed by atoms with Crippen molar-refractivity contribution in [2.75, 3.05) is 6.61 Å². The van der Waals surface area contributed by atoms with Crippen LogP contribution < -0.4 is 0 Å². The Hall–Kier alpha value is -2.75. The van der Waals surface area contributed by atoms with Crippen LogP contribution in [-0.4, -0.2) is 22.8 Å². The number of rotatable bonds is 4. The maximum atomic E-state index is 11.9. The van der Waals surface area contributed by atoms with Crippen molar-refractivity contribution in [1.29, 1.82) is 0 Å². The van der Waals surface area contributed by atoms with E-state index in [1.807, 2.05) is 30.3 Å². The van der Waals surface area contributed by atoms with Crippen LogP contribution in [-0.2, 0) is 4.74 Å². The number of ether oxygens (including phenoxy) is 1. The number of benzene rings is 2. The summed E-state index contributed by atoms with van der Waals surface area (Å²) in [6, 6.07) is 12.0.